The molecule has 0 bridgehead atoms. The largest absolute Gasteiger partial charge is 0.354 e. The molecule has 3 rings (SSSR count). The van der Waals surface area contributed by atoms with E-state index >= 15 is 0 Å². The Hall–Kier alpha value is -1.56. The molecule has 0 amide bonds. The normalized spacial score (nSPS) is 23.4. The number of fused-ring (bicyclic) bond motifs is 1. The molecule has 1 fully saturated rings. The Morgan fingerprint density at radius 3 is 2.75 bits per heavy atom. The van der Waals surface area contributed by atoms with Crippen molar-refractivity contribution in [1.29, 1.82) is 0 Å². The lowest BCUT2D eigenvalue weighted by Crippen LogP contribution is -2.46. The van der Waals surface area contributed by atoms with Gasteiger partial charge in [-0.1, -0.05) is 24.3 Å². The predicted molar refractivity (Wildman–Crippen MR) is 97.9 cm³/mol. The first kappa shape index (κ1) is 17.3. The second-order valence-electron chi connectivity index (χ2n) is 7.17. The molecule has 0 aliphatic carbocycles. The van der Waals surface area contributed by atoms with E-state index in [1.165, 1.54) is 11.1 Å². The van der Waals surface area contributed by atoms with Crippen LogP contribution in [0.15, 0.2) is 29.3 Å². The van der Waals surface area contributed by atoms with E-state index in [-0.39, 0.29) is 11.7 Å². The molecule has 5 nitrogen and oxygen atoms in total. The van der Waals surface area contributed by atoms with Crippen molar-refractivity contribution in [2.24, 2.45) is 10.9 Å². The Morgan fingerprint density at radius 1 is 1.33 bits per heavy atom. The molecule has 1 atom stereocenters. The van der Waals surface area contributed by atoms with Crippen molar-refractivity contribution in [3.63, 3.8) is 0 Å². The van der Waals surface area contributed by atoms with Crippen LogP contribution in [0.4, 0.5) is 0 Å². The van der Waals surface area contributed by atoms with Gasteiger partial charge in [0.25, 0.3) is 0 Å². The number of nitrogens with zero attached hydrogens (tertiary/aromatic N) is 2. The van der Waals surface area contributed by atoms with E-state index in [0.29, 0.717) is 18.3 Å². The number of rotatable bonds is 3. The SMILES string of the molecule is CC(C)NC(=NCC1CCS(=O)(=O)C1)N1CCc2ccccc2C1. The van der Waals surface area contributed by atoms with Gasteiger partial charge < -0.3 is 10.2 Å². The first-order valence-electron chi connectivity index (χ1n) is 8.76. The monoisotopic (exact) mass is 349 g/mol. The molecule has 0 radical (unpaired) electrons. The molecule has 0 aromatic heterocycles. The fourth-order valence-corrected chi connectivity index (χ4v) is 5.25. The molecule has 2 heterocycles. The summed E-state index contributed by atoms with van der Waals surface area (Å²) in [5.41, 5.74) is 2.77. The summed E-state index contributed by atoms with van der Waals surface area (Å²) in [5, 5.41) is 3.45. The highest BCUT2D eigenvalue weighted by atomic mass is 32.2. The summed E-state index contributed by atoms with van der Waals surface area (Å²) in [6.07, 6.45) is 1.76. The van der Waals surface area contributed by atoms with Gasteiger partial charge in [-0.3, -0.25) is 4.99 Å². The van der Waals surface area contributed by atoms with Crippen molar-refractivity contribution < 1.29 is 8.42 Å². The number of hydrogen-bond acceptors (Lipinski definition) is 3. The maximum absolute atomic E-state index is 11.6. The minimum absolute atomic E-state index is 0.163. The summed E-state index contributed by atoms with van der Waals surface area (Å²) in [4.78, 5) is 7.06. The molecular weight excluding hydrogens is 322 g/mol. The maximum atomic E-state index is 11.6. The van der Waals surface area contributed by atoms with E-state index in [1.54, 1.807) is 0 Å². The number of sulfone groups is 1. The van der Waals surface area contributed by atoms with Crippen LogP contribution in [-0.2, 0) is 22.8 Å². The summed E-state index contributed by atoms with van der Waals surface area (Å²) in [7, 11) is -2.83. The van der Waals surface area contributed by atoms with Crippen molar-refractivity contribution >= 4 is 15.8 Å². The van der Waals surface area contributed by atoms with Crippen LogP contribution in [0.25, 0.3) is 0 Å². The lowest BCUT2D eigenvalue weighted by Gasteiger charge is -2.33. The summed E-state index contributed by atoms with van der Waals surface area (Å²) in [5.74, 6) is 1.67. The van der Waals surface area contributed by atoms with E-state index in [0.717, 1.165) is 31.9 Å². The summed E-state index contributed by atoms with van der Waals surface area (Å²) >= 11 is 0. The molecule has 1 unspecified atom stereocenters. The Balaban J connectivity index is 1.71. The first-order valence-corrected chi connectivity index (χ1v) is 10.6. The van der Waals surface area contributed by atoms with Crippen LogP contribution in [0.1, 0.15) is 31.4 Å². The highest BCUT2D eigenvalue weighted by Gasteiger charge is 2.28. The van der Waals surface area contributed by atoms with E-state index in [9.17, 15) is 8.42 Å². The maximum Gasteiger partial charge on any atom is 0.194 e. The van der Waals surface area contributed by atoms with Gasteiger partial charge in [-0.05, 0) is 43.7 Å². The van der Waals surface area contributed by atoms with Crippen LogP contribution in [0, 0.1) is 5.92 Å². The van der Waals surface area contributed by atoms with Gasteiger partial charge in [-0.2, -0.15) is 0 Å². The molecule has 2 aliphatic heterocycles. The predicted octanol–water partition coefficient (Wildman–Crippen LogP) is 1.83. The van der Waals surface area contributed by atoms with E-state index in [2.05, 4.69) is 48.3 Å². The molecule has 1 aromatic carbocycles. The zero-order chi connectivity index (χ0) is 17.2. The van der Waals surface area contributed by atoms with Gasteiger partial charge >= 0.3 is 0 Å². The molecular formula is C18H27N3O2S. The van der Waals surface area contributed by atoms with Crippen LogP contribution in [0.2, 0.25) is 0 Å². The summed E-state index contributed by atoms with van der Waals surface area (Å²) in [6, 6.07) is 8.85. The van der Waals surface area contributed by atoms with Crippen LogP contribution >= 0.6 is 0 Å². The smallest absolute Gasteiger partial charge is 0.194 e. The number of hydrogen-bond donors (Lipinski definition) is 1. The summed E-state index contributed by atoms with van der Waals surface area (Å²) in [6.45, 7) is 6.60. The lowest BCUT2D eigenvalue weighted by molar-refractivity contribution is 0.372. The Kier molecular flexibility index (Phi) is 5.13. The minimum atomic E-state index is -2.83. The third-order valence-corrected chi connectivity index (χ3v) is 6.51. The molecule has 6 heteroatoms. The van der Waals surface area contributed by atoms with Gasteiger partial charge in [0.15, 0.2) is 15.8 Å². The van der Waals surface area contributed by atoms with E-state index < -0.39 is 9.84 Å². The molecule has 1 saturated heterocycles. The van der Waals surface area contributed by atoms with Gasteiger partial charge in [0, 0.05) is 25.7 Å². The van der Waals surface area contributed by atoms with E-state index in [1.807, 2.05) is 0 Å². The van der Waals surface area contributed by atoms with Crippen molar-refractivity contribution in [3.8, 4) is 0 Å². The number of aliphatic imine (C=N–C) groups is 1. The topological polar surface area (TPSA) is 61.8 Å². The number of nitrogens with one attached hydrogen (secondary N) is 1. The van der Waals surface area contributed by atoms with Gasteiger partial charge in [-0.25, -0.2) is 8.42 Å². The quantitative estimate of drug-likeness (QED) is 0.668. The lowest BCUT2D eigenvalue weighted by atomic mass is 10.0. The highest BCUT2D eigenvalue weighted by Crippen LogP contribution is 2.20. The summed E-state index contributed by atoms with van der Waals surface area (Å²) < 4.78 is 23.3. The zero-order valence-electron chi connectivity index (χ0n) is 14.5. The molecule has 24 heavy (non-hydrogen) atoms. The molecule has 132 valence electrons. The van der Waals surface area contributed by atoms with Crippen LogP contribution < -0.4 is 5.32 Å². The average Bonchev–Trinajstić information content (AvgIpc) is 2.90. The second-order valence-corrected chi connectivity index (χ2v) is 9.40. The van der Waals surface area contributed by atoms with Gasteiger partial charge in [0.1, 0.15) is 0 Å². The fourth-order valence-electron chi connectivity index (χ4n) is 3.40. The molecule has 1 aromatic rings. The zero-order valence-corrected chi connectivity index (χ0v) is 15.3. The van der Waals surface area contributed by atoms with Gasteiger partial charge in [-0.15, -0.1) is 0 Å². The first-order chi connectivity index (χ1) is 11.4. The minimum Gasteiger partial charge on any atom is -0.354 e. The van der Waals surface area contributed by atoms with E-state index in [4.69, 9.17) is 4.99 Å². The van der Waals surface area contributed by atoms with Crippen molar-refractivity contribution in [3.05, 3.63) is 35.4 Å². The van der Waals surface area contributed by atoms with Crippen molar-refractivity contribution in [2.45, 2.75) is 39.3 Å². The highest BCUT2D eigenvalue weighted by molar-refractivity contribution is 7.91. The molecule has 0 saturated carbocycles. The van der Waals surface area contributed by atoms with Crippen LogP contribution in [0.3, 0.4) is 0 Å². The number of benzene rings is 1. The second kappa shape index (κ2) is 7.13. The average molecular weight is 350 g/mol. The third kappa shape index (κ3) is 4.29. The Morgan fingerprint density at radius 2 is 2.08 bits per heavy atom. The number of guanidine groups is 1. The van der Waals surface area contributed by atoms with Crippen LogP contribution in [0.5, 0.6) is 0 Å². The van der Waals surface area contributed by atoms with Gasteiger partial charge in [0.05, 0.1) is 11.5 Å². The standard InChI is InChI=1S/C18H27N3O2S/c1-14(2)20-18(19-11-15-8-10-24(22,23)13-15)21-9-7-16-5-3-4-6-17(16)12-21/h3-6,14-15H,7-13H2,1-2H3,(H,19,20). The fraction of sp³-hybridized carbons (Fsp3) is 0.611. The molecule has 0 spiro atoms. The molecule has 2 aliphatic rings. The van der Waals surface area contributed by atoms with Crippen molar-refractivity contribution in [1.82, 2.24) is 10.2 Å². The Labute approximate surface area is 145 Å². The molecule has 1 N–H and O–H groups in total. The van der Waals surface area contributed by atoms with Crippen LogP contribution in [-0.4, -0.2) is 49.9 Å². The third-order valence-electron chi connectivity index (χ3n) is 4.67. The Bertz CT molecular complexity index is 713. The van der Waals surface area contributed by atoms with Crippen molar-refractivity contribution in [2.75, 3.05) is 24.6 Å². The van der Waals surface area contributed by atoms with Gasteiger partial charge in [0.2, 0.25) is 0 Å².